The molecular formula is C14H12FN5. The molecule has 0 amide bonds. The highest BCUT2D eigenvalue weighted by Crippen LogP contribution is 2.21. The molecule has 0 saturated carbocycles. The molecule has 0 spiro atoms. The molecule has 0 aliphatic heterocycles. The highest BCUT2D eigenvalue weighted by Gasteiger charge is 2.10. The second-order valence-electron chi connectivity index (χ2n) is 4.35. The van der Waals surface area contributed by atoms with Crippen molar-refractivity contribution in [2.45, 2.75) is 6.54 Å². The third kappa shape index (κ3) is 2.49. The molecule has 0 atom stereocenters. The molecule has 3 rings (SSSR count). The molecular weight excluding hydrogens is 257 g/mol. The van der Waals surface area contributed by atoms with Gasteiger partial charge in [-0.25, -0.2) is 4.39 Å². The highest BCUT2D eigenvalue weighted by atomic mass is 19.1. The van der Waals surface area contributed by atoms with Gasteiger partial charge >= 0.3 is 0 Å². The van der Waals surface area contributed by atoms with E-state index in [0.29, 0.717) is 23.6 Å². The lowest BCUT2D eigenvalue weighted by molar-refractivity contribution is 0.624. The van der Waals surface area contributed by atoms with Crippen molar-refractivity contribution in [3.8, 4) is 11.4 Å². The molecule has 0 fully saturated rings. The van der Waals surface area contributed by atoms with Gasteiger partial charge in [0.2, 0.25) is 0 Å². The summed E-state index contributed by atoms with van der Waals surface area (Å²) in [5.74, 6) is -0.256. The van der Waals surface area contributed by atoms with E-state index in [1.54, 1.807) is 41.6 Å². The van der Waals surface area contributed by atoms with Crippen LogP contribution in [0.25, 0.3) is 11.4 Å². The van der Waals surface area contributed by atoms with Crippen molar-refractivity contribution in [3.63, 3.8) is 0 Å². The van der Waals surface area contributed by atoms with E-state index >= 15 is 0 Å². The van der Waals surface area contributed by atoms with Gasteiger partial charge < -0.3 is 5.73 Å². The minimum absolute atomic E-state index is 0.256. The van der Waals surface area contributed by atoms with E-state index in [9.17, 15) is 4.39 Å². The van der Waals surface area contributed by atoms with Crippen LogP contribution in [-0.2, 0) is 6.54 Å². The Balaban J connectivity index is 1.87. The van der Waals surface area contributed by atoms with Gasteiger partial charge in [-0.15, -0.1) is 0 Å². The van der Waals surface area contributed by atoms with Gasteiger partial charge in [0.25, 0.3) is 0 Å². The van der Waals surface area contributed by atoms with E-state index in [0.717, 1.165) is 5.56 Å². The fourth-order valence-electron chi connectivity index (χ4n) is 1.92. The zero-order chi connectivity index (χ0) is 13.9. The predicted molar refractivity (Wildman–Crippen MR) is 73.2 cm³/mol. The number of hydrogen-bond acceptors (Lipinski definition) is 4. The van der Waals surface area contributed by atoms with Crippen molar-refractivity contribution >= 4 is 5.69 Å². The van der Waals surface area contributed by atoms with Crippen LogP contribution in [0.4, 0.5) is 10.1 Å². The Morgan fingerprint density at radius 2 is 1.95 bits per heavy atom. The van der Waals surface area contributed by atoms with E-state index in [4.69, 9.17) is 5.73 Å². The lowest BCUT2D eigenvalue weighted by atomic mass is 10.2. The number of anilines is 1. The first kappa shape index (κ1) is 12.3. The van der Waals surface area contributed by atoms with Crippen molar-refractivity contribution in [1.82, 2.24) is 19.7 Å². The average molecular weight is 269 g/mol. The van der Waals surface area contributed by atoms with Crippen molar-refractivity contribution in [2.75, 3.05) is 5.73 Å². The van der Waals surface area contributed by atoms with Gasteiger partial charge in [0, 0.05) is 18.6 Å². The zero-order valence-electron chi connectivity index (χ0n) is 10.6. The zero-order valence-corrected chi connectivity index (χ0v) is 10.6. The highest BCUT2D eigenvalue weighted by molar-refractivity contribution is 5.68. The van der Waals surface area contributed by atoms with E-state index in [1.165, 1.54) is 12.1 Å². The van der Waals surface area contributed by atoms with Crippen molar-refractivity contribution in [2.24, 2.45) is 0 Å². The lowest BCUT2D eigenvalue weighted by Crippen LogP contribution is -2.00. The molecule has 0 unspecified atom stereocenters. The SMILES string of the molecule is Nc1cn(Cc2ccc(F)cc2)nc1-c1cnccn1. The monoisotopic (exact) mass is 269 g/mol. The quantitative estimate of drug-likeness (QED) is 0.790. The summed E-state index contributed by atoms with van der Waals surface area (Å²) in [6.45, 7) is 0.519. The number of nitrogens with zero attached hydrogens (tertiary/aromatic N) is 4. The Labute approximate surface area is 114 Å². The van der Waals surface area contributed by atoms with Crippen LogP contribution in [0.5, 0.6) is 0 Å². The van der Waals surface area contributed by atoms with Crippen LogP contribution in [0.1, 0.15) is 5.56 Å². The molecule has 0 radical (unpaired) electrons. The molecule has 3 aromatic rings. The standard InChI is InChI=1S/C14H12FN5/c15-11-3-1-10(2-4-11)8-20-9-12(16)14(19-20)13-7-17-5-6-18-13/h1-7,9H,8,16H2. The molecule has 100 valence electrons. The van der Waals surface area contributed by atoms with Crippen molar-refractivity contribution in [3.05, 3.63) is 60.4 Å². The summed E-state index contributed by atoms with van der Waals surface area (Å²) in [7, 11) is 0. The molecule has 5 nitrogen and oxygen atoms in total. The van der Waals surface area contributed by atoms with Crippen LogP contribution >= 0.6 is 0 Å². The number of hydrogen-bond donors (Lipinski definition) is 1. The van der Waals surface area contributed by atoms with E-state index in [1.807, 2.05) is 0 Å². The summed E-state index contributed by atoms with van der Waals surface area (Å²) in [6, 6.07) is 6.28. The minimum atomic E-state index is -0.256. The van der Waals surface area contributed by atoms with Crippen LogP contribution in [0.2, 0.25) is 0 Å². The summed E-state index contributed by atoms with van der Waals surface area (Å²) in [5, 5.41) is 4.39. The van der Waals surface area contributed by atoms with Crippen molar-refractivity contribution in [1.29, 1.82) is 0 Å². The summed E-state index contributed by atoms with van der Waals surface area (Å²) in [6.07, 6.45) is 6.53. The van der Waals surface area contributed by atoms with Gasteiger partial charge in [-0.2, -0.15) is 5.10 Å². The van der Waals surface area contributed by atoms with Crippen LogP contribution in [0.15, 0.2) is 49.1 Å². The van der Waals surface area contributed by atoms with Gasteiger partial charge in [0.05, 0.1) is 18.4 Å². The smallest absolute Gasteiger partial charge is 0.135 e. The summed E-state index contributed by atoms with van der Waals surface area (Å²) < 4.78 is 14.6. The number of benzene rings is 1. The second kappa shape index (κ2) is 5.08. The van der Waals surface area contributed by atoms with E-state index in [-0.39, 0.29) is 5.82 Å². The largest absolute Gasteiger partial charge is 0.396 e. The average Bonchev–Trinajstić information content (AvgIpc) is 2.83. The number of rotatable bonds is 3. The molecule has 2 aromatic heterocycles. The van der Waals surface area contributed by atoms with Crippen LogP contribution in [-0.4, -0.2) is 19.7 Å². The predicted octanol–water partition coefficient (Wildman–Crippen LogP) is 2.11. The van der Waals surface area contributed by atoms with Crippen LogP contribution in [0, 0.1) is 5.82 Å². The van der Waals surface area contributed by atoms with Crippen LogP contribution < -0.4 is 5.73 Å². The fourth-order valence-corrected chi connectivity index (χ4v) is 1.92. The molecule has 2 heterocycles. The van der Waals surface area contributed by atoms with E-state index in [2.05, 4.69) is 15.1 Å². The maximum Gasteiger partial charge on any atom is 0.135 e. The Bertz CT molecular complexity index is 706. The molecule has 0 saturated heterocycles. The fraction of sp³-hybridized carbons (Fsp3) is 0.0714. The number of halogens is 1. The molecule has 1 aromatic carbocycles. The number of aromatic nitrogens is 4. The first-order chi connectivity index (χ1) is 9.72. The Kier molecular flexibility index (Phi) is 3.12. The lowest BCUT2D eigenvalue weighted by Gasteiger charge is -2.01. The second-order valence-corrected chi connectivity index (χ2v) is 4.35. The molecule has 20 heavy (non-hydrogen) atoms. The maximum atomic E-state index is 12.9. The van der Waals surface area contributed by atoms with Crippen LogP contribution in [0.3, 0.4) is 0 Å². The Hall–Kier alpha value is -2.76. The first-order valence-corrected chi connectivity index (χ1v) is 6.06. The van der Waals surface area contributed by atoms with Gasteiger partial charge in [-0.1, -0.05) is 12.1 Å². The maximum absolute atomic E-state index is 12.9. The molecule has 6 heteroatoms. The minimum Gasteiger partial charge on any atom is -0.396 e. The molecule has 2 N–H and O–H groups in total. The van der Waals surface area contributed by atoms with Gasteiger partial charge in [0.15, 0.2) is 0 Å². The topological polar surface area (TPSA) is 69.6 Å². The van der Waals surface area contributed by atoms with E-state index < -0.39 is 0 Å². The van der Waals surface area contributed by atoms with Gasteiger partial charge in [0.1, 0.15) is 17.2 Å². The Morgan fingerprint density at radius 1 is 1.15 bits per heavy atom. The molecule has 0 bridgehead atoms. The first-order valence-electron chi connectivity index (χ1n) is 6.06. The molecule has 0 aliphatic rings. The summed E-state index contributed by atoms with van der Waals surface area (Å²) >= 11 is 0. The summed E-state index contributed by atoms with van der Waals surface area (Å²) in [5.41, 5.74) is 8.64. The third-order valence-electron chi connectivity index (χ3n) is 2.85. The van der Waals surface area contributed by atoms with Gasteiger partial charge in [-0.05, 0) is 17.7 Å². The third-order valence-corrected chi connectivity index (χ3v) is 2.85. The van der Waals surface area contributed by atoms with Crippen molar-refractivity contribution < 1.29 is 4.39 Å². The number of nitrogen functional groups attached to an aromatic ring is 1. The number of nitrogens with two attached hydrogens (primary N) is 1. The Morgan fingerprint density at radius 3 is 2.65 bits per heavy atom. The normalized spacial score (nSPS) is 10.7. The summed E-state index contributed by atoms with van der Waals surface area (Å²) in [4.78, 5) is 8.17. The van der Waals surface area contributed by atoms with Gasteiger partial charge in [-0.3, -0.25) is 14.6 Å². The molecule has 0 aliphatic carbocycles.